The van der Waals surface area contributed by atoms with Crippen LogP contribution in [0.5, 0.6) is 11.5 Å². The molecule has 27 heavy (non-hydrogen) atoms. The van der Waals surface area contributed by atoms with E-state index in [2.05, 4.69) is 5.32 Å². The second-order valence-corrected chi connectivity index (χ2v) is 5.91. The molecule has 0 aliphatic heterocycles. The van der Waals surface area contributed by atoms with Crippen molar-refractivity contribution >= 4 is 28.1 Å². The lowest BCUT2D eigenvalue weighted by Gasteiger charge is -2.15. The molecule has 0 radical (unpaired) electrons. The Hall–Kier alpha value is -3.98. The summed E-state index contributed by atoms with van der Waals surface area (Å²) in [6, 6.07) is 18.5. The number of nitriles is 1. The van der Waals surface area contributed by atoms with Crippen LogP contribution in [0.1, 0.15) is 0 Å². The zero-order chi connectivity index (χ0) is 19.4. The van der Waals surface area contributed by atoms with Crippen LogP contribution in [-0.4, -0.2) is 23.2 Å². The molecule has 6 heteroatoms. The van der Waals surface area contributed by atoms with E-state index in [1.807, 2.05) is 6.07 Å². The quantitative estimate of drug-likeness (QED) is 0.487. The van der Waals surface area contributed by atoms with E-state index in [1.165, 1.54) is 18.3 Å². The predicted octanol–water partition coefficient (Wildman–Crippen LogP) is 3.73. The van der Waals surface area contributed by atoms with Crippen LogP contribution in [0.25, 0.3) is 10.8 Å². The molecule has 0 atom stereocenters. The summed E-state index contributed by atoms with van der Waals surface area (Å²) in [6.45, 7) is 0. The molecule has 0 saturated heterocycles. The number of phenolic OH excluding ortho intramolecular Hbond substituents is 2. The number of nitrogens with one attached hydrogen (secondary N) is 1. The molecule has 3 N–H and O–H groups in total. The van der Waals surface area contributed by atoms with E-state index in [4.69, 9.17) is 0 Å². The van der Waals surface area contributed by atoms with Crippen molar-refractivity contribution in [3.63, 3.8) is 0 Å². The van der Waals surface area contributed by atoms with E-state index in [0.717, 1.165) is 0 Å². The van der Waals surface area contributed by atoms with Gasteiger partial charge in [-0.25, -0.2) is 0 Å². The van der Waals surface area contributed by atoms with Crippen LogP contribution >= 0.6 is 0 Å². The number of benzene rings is 3. The van der Waals surface area contributed by atoms with Gasteiger partial charge in [0.05, 0.1) is 0 Å². The van der Waals surface area contributed by atoms with Crippen LogP contribution in [0, 0.1) is 11.3 Å². The monoisotopic (exact) mass is 359 g/mol. The van der Waals surface area contributed by atoms with Crippen LogP contribution in [0.15, 0.2) is 72.4 Å². The maximum atomic E-state index is 12.6. The highest BCUT2D eigenvalue weighted by molar-refractivity contribution is 6.11. The normalized spacial score (nSPS) is 11.0. The van der Waals surface area contributed by atoms with Gasteiger partial charge in [-0.15, -0.1) is 0 Å². The van der Waals surface area contributed by atoms with E-state index in [1.54, 1.807) is 60.5 Å². The highest BCUT2D eigenvalue weighted by Gasteiger charge is 2.13. The van der Waals surface area contributed by atoms with Crippen LogP contribution in [-0.2, 0) is 4.79 Å². The smallest absolute Gasteiger partial charge is 0.267 e. The lowest BCUT2D eigenvalue weighted by Crippen LogP contribution is -2.18. The Morgan fingerprint density at radius 2 is 1.70 bits per heavy atom. The summed E-state index contributed by atoms with van der Waals surface area (Å²) in [5, 5.41) is 32.7. The number of carbonyl (C=O) groups is 1. The molecule has 0 unspecified atom stereocenters. The predicted molar refractivity (Wildman–Crippen MR) is 104 cm³/mol. The van der Waals surface area contributed by atoms with Gasteiger partial charge in [-0.2, -0.15) is 5.26 Å². The molecule has 1 amide bonds. The van der Waals surface area contributed by atoms with Gasteiger partial charge in [-0.1, -0.05) is 24.3 Å². The number of aromatic hydroxyl groups is 2. The van der Waals surface area contributed by atoms with Crippen molar-refractivity contribution < 1.29 is 15.0 Å². The summed E-state index contributed by atoms with van der Waals surface area (Å²) in [5.74, 6) is -0.306. The fourth-order valence-corrected chi connectivity index (χ4v) is 2.69. The first-order chi connectivity index (χ1) is 13.0. The van der Waals surface area contributed by atoms with E-state index in [-0.39, 0.29) is 17.1 Å². The summed E-state index contributed by atoms with van der Waals surface area (Å²) >= 11 is 0. The summed E-state index contributed by atoms with van der Waals surface area (Å²) in [7, 11) is 1.70. The van der Waals surface area contributed by atoms with Crippen LogP contribution in [0.3, 0.4) is 0 Å². The molecular formula is C21H17N3O3. The van der Waals surface area contributed by atoms with Crippen molar-refractivity contribution in [2.24, 2.45) is 0 Å². The number of nitrogens with zero attached hydrogens (tertiary/aromatic N) is 2. The van der Waals surface area contributed by atoms with Gasteiger partial charge in [0.1, 0.15) is 23.1 Å². The number of hydrogen-bond acceptors (Lipinski definition) is 5. The van der Waals surface area contributed by atoms with Gasteiger partial charge in [0.15, 0.2) is 0 Å². The van der Waals surface area contributed by atoms with Crippen LogP contribution < -0.4 is 10.2 Å². The maximum absolute atomic E-state index is 12.6. The number of rotatable bonds is 4. The Bertz CT molecular complexity index is 1070. The molecule has 0 spiro atoms. The van der Waals surface area contributed by atoms with Crippen LogP contribution in [0.2, 0.25) is 0 Å². The van der Waals surface area contributed by atoms with Crippen molar-refractivity contribution in [1.82, 2.24) is 0 Å². The number of carbonyl (C=O) groups excluding carboxylic acids is 1. The summed E-state index contributed by atoms with van der Waals surface area (Å²) < 4.78 is 0. The topological polar surface area (TPSA) is 96.6 Å². The zero-order valence-corrected chi connectivity index (χ0v) is 14.5. The van der Waals surface area contributed by atoms with Crippen molar-refractivity contribution in [1.29, 1.82) is 5.26 Å². The van der Waals surface area contributed by atoms with Gasteiger partial charge < -0.3 is 20.4 Å². The second kappa shape index (κ2) is 7.50. The molecule has 0 fully saturated rings. The first-order valence-electron chi connectivity index (χ1n) is 8.15. The summed E-state index contributed by atoms with van der Waals surface area (Å²) in [6.07, 6.45) is 1.42. The molecule has 3 rings (SSSR count). The lowest BCUT2D eigenvalue weighted by molar-refractivity contribution is -0.112. The minimum absolute atomic E-state index is 0.0808. The Morgan fingerprint density at radius 1 is 1.04 bits per heavy atom. The Balaban J connectivity index is 1.87. The number of hydrogen-bond donors (Lipinski definition) is 3. The van der Waals surface area contributed by atoms with Crippen molar-refractivity contribution in [2.75, 3.05) is 17.3 Å². The molecule has 3 aromatic rings. The minimum atomic E-state index is -0.557. The standard InChI is InChI=1S/C21H17N3O3/c1-24(15-8-10-16(25)11-9-15)13-14(12-22)21(27)23-19-6-2-5-18-17(19)4-3-7-20(18)26/h2-11,13,25-26H,1H3,(H,23,27)/b14-13-. The molecule has 0 aliphatic carbocycles. The van der Waals surface area contributed by atoms with Gasteiger partial charge in [0, 0.05) is 35.4 Å². The highest BCUT2D eigenvalue weighted by Crippen LogP contribution is 2.30. The van der Waals surface area contributed by atoms with Crippen molar-refractivity contribution in [2.45, 2.75) is 0 Å². The molecule has 0 aromatic heterocycles. The van der Waals surface area contributed by atoms with Crippen molar-refractivity contribution in [3.8, 4) is 17.6 Å². The van der Waals surface area contributed by atoms with E-state index < -0.39 is 5.91 Å². The summed E-state index contributed by atoms with van der Waals surface area (Å²) in [5.41, 5.74) is 1.13. The first-order valence-corrected chi connectivity index (χ1v) is 8.15. The Kier molecular flexibility index (Phi) is 4.95. The fourth-order valence-electron chi connectivity index (χ4n) is 2.69. The molecule has 0 heterocycles. The largest absolute Gasteiger partial charge is 0.508 e. The number of anilines is 2. The van der Waals surface area contributed by atoms with Gasteiger partial charge in [0.25, 0.3) is 5.91 Å². The molecule has 6 nitrogen and oxygen atoms in total. The van der Waals surface area contributed by atoms with Gasteiger partial charge >= 0.3 is 0 Å². The van der Waals surface area contributed by atoms with E-state index in [0.29, 0.717) is 22.1 Å². The second-order valence-electron chi connectivity index (χ2n) is 5.91. The van der Waals surface area contributed by atoms with Gasteiger partial charge in [-0.3, -0.25) is 4.79 Å². The number of phenols is 2. The number of fused-ring (bicyclic) bond motifs is 1. The third-order valence-electron chi connectivity index (χ3n) is 4.09. The third kappa shape index (κ3) is 3.83. The van der Waals surface area contributed by atoms with E-state index in [9.17, 15) is 20.3 Å². The molecule has 0 bridgehead atoms. The molecule has 0 aliphatic rings. The molecular weight excluding hydrogens is 342 g/mol. The average molecular weight is 359 g/mol. The van der Waals surface area contributed by atoms with E-state index >= 15 is 0 Å². The average Bonchev–Trinajstić information content (AvgIpc) is 2.67. The third-order valence-corrected chi connectivity index (χ3v) is 4.09. The summed E-state index contributed by atoms with van der Waals surface area (Å²) in [4.78, 5) is 14.2. The fraction of sp³-hybridized carbons (Fsp3) is 0.0476. The highest BCUT2D eigenvalue weighted by atomic mass is 16.3. The van der Waals surface area contributed by atoms with Crippen LogP contribution in [0.4, 0.5) is 11.4 Å². The molecule has 0 saturated carbocycles. The van der Waals surface area contributed by atoms with Gasteiger partial charge in [0.2, 0.25) is 0 Å². The zero-order valence-electron chi connectivity index (χ0n) is 14.5. The minimum Gasteiger partial charge on any atom is -0.508 e. The Morgan fingerprint density at radius 3 is 2.41 bits per heavy atom. The van der Waals surface area contributed by atoms with Gasteiger partial charge in [-0.05, 0) is 36.4 Å². The SMILES string of the molecule is CN(/C=C(/C#N)C(=O)Nc1cccc2c(O)cccc12)c1ccc(O)cc1. The Labute approximate surface area is 156 Å². The van der Waals surface area contributed by atoms with Crippen molar-refractivity contribution in [3.05, 3.63) is 72.4 Å². The lowest BCUT2D eigenvalue weighted by atomic mass is 10.1. The molecule has 134 valence electrons. The number of amides is 1. The molecule has 3 aromatic carbocycles. The maximum Gasteiger partial charge on any atom is 0.267 e. The first kappa shape index (κ1) is 17.8.